The number of para-hydroxylation sites is 1. The molecule has 1 heterocycles. The van der Waals surface area contributed by atoms with Gasteiger partial charge in [0.25, 0.3) is 0 Å². The fourth-order valence-corrected chi connectivity index (χ4v) is 0.870. The van der Waals surface area contributed by atoms with Crippen molar-refractivity contribution in [3.63, 3.8) is 0 Å². The molecule has 0 saturated heterocycles. The van der Waals surface area contributed by atoms with Crippen molar-refractivity contribution in [2.24, 2.45) is 0 Å². The molecular weight excluding hydrogens is 131 g/mol. The Kier molecular flexibility index (Phi) is 2.64. The van der Waals surface area contributed by atoms with E-state index >= 15 is 0 Å². The van der Waals surface area contributed by atoms with E-state index in [0.717, 1.165) is 10.9 Å². The molecular formula is C8H5LiN2. The van der Waals surface area contributed by atoms with Gasteiger partial charge < -0.3 is 9.97 Å². The van der Waals surface area contributed by atoms with Crippen LogP contribution in [0.5, 0.6) is 0 Å². The van der Waals surface area contributed by atoms with Crippen LogP contribution in [0.3, 0.4) is 0 Å². The molecule has 0 atom stereocenters. The summed E-state index contributed by atoms with van der Waals surface area (Å²) in [5.41, 5.74) is 0.942. The molecule has 2 aromatic rings. The number of fused-ring (bicyclic) bond motifs is 1. The molecule has 0 spiro atoms. The Balaban J connectivity index is 0.000000605. The first-order valence-electron chi connectivity index (χ1n) is 3.04. The molecule has 2 nitrogen and oxygen atoms in total. The largest absolute Gasteiger partial charge is 1.00 e. The number of aromatic nitrogens is 2. The standard InChI is InChI=1S/C8H5N2.Li/c1-2-4-8-7(3-1)5-9-6-10-8;/h1-4,6H;/q-1;+1. The van der Waals surface area contributed by atoms with Crippen LogP contribution >= 0.6 is 0 Å². The molecule has 0 bridgehead atoms. The number of nitrogens with zero attached hydrogens (tertiary/aromatic N) is 2. The minimum absolute atomic E-state index is 0. The van der Waals surface area contributed by atoms with Crippen molar-refractivity contribution in [3.8, 4) is 0 Å². The summed E-state index contributed by atoms with van der Waals surface area (Å²) in [6.07, 6.45) is 4.34. The Hall–Kier alpha value is -0.843. The molecule has 1 aromatic heterocycles. The fourth-order valence-electron chi connectivity index (χ4n) is 0.870. The first kappa shape index (κ1) is 8.26. The van der Waals surface area contributed by atoms with Gasteiger partial charge in [-0.15, -0.1) is 17.5 Å². The molecule has 1 aromatic carbocycles. The summed E-state index contributed by atoms with van der Waals surface area (Å²) >= 11 is 0. The van der Waals surface area contributed by atoms with Crippen molar-refractivity contribution in [2.45, 2.75) is 0 Å². The summed E-state index contributed by atoms with van der Waals surface area (Å²) in [5.74, 6) is 0. The molecule has 0 amide bonds. The minimum atomic E-state index is 0. The van der Waals surface area contributed by atoms with E-state index in [1.54, 1.807) is 0 Å². The van der Waals surface area contributed by atoms with E-state index in [1.807, 2.05) is 24.3 Å². The second-order valence-corrected chi connectivity index (χ2v) is 2.00. The van der Waals surface area contributed by atoms with Crippen molar-refractivity contribution in [1.82, 2.24) is 9.97 Å². The Bertz CT molecular complexity index is 283. The quantitative estimate of drug-likeness (QED) is 0.323. The van der Waals surface area contributed by atoms with Crippen LogP contribution in [-0.2, 0) is 0 Å². The van der Waals surface area contributed by atoms with Crippen LogP contribution in [0.15, 0.2) is 30.6 Å². The van der Waals surface area contributed by atoms with Crippen LogP contribution in [0.25, 0.3) is 10.9 Å². The number of hydrogen-bond donors (Lipinski definition) is 0. The monoisotopic (exact) mass is 136 g/mol. The van der Waals surface area contributed by atoms with E-state index in [0.29, 0.717) is 0 Å². The first-order valence-corrected chi connectivity index (χ1v) is 3.04. The maximum absolute atomic E-state index is 4.04. The van der Waals surface area contributed by atoms with Crippen LogP contribution < -0.4 is 18.9 Å². The zero-order valence-electron chi connectivity index (χ0n) is 6.28. The Morgan fingerprint density at radius 3 is 2.82 bits per heavy atom. The molecule has 48 valence electrons. The van der Waals surface area contributed by atoms with Crippen LogP contribution in [0.1, 0.15) is 0 Å². The molecule has 0 radical (unpaired) electrons. The smallest absolute Gasteiger partial charge is 0.341 e. The van der Waals surface area contributed by atoms with E-state index in [4.69, 9.17) is 0 Å². The number of hydrogen-bond acceptors (Lipinski definition) is 2. The zero-order chi connectivity index (χ0) is 6.81. The van der Waals surface area contributed by atoms with Gasteiger partial charge in [0, 0.05) is 6.33 Å². The van der Waals surface area contributed by atoms with E-state index in [2.05, 4.69) is 16.2 Å². The number of rotatable bonds is 0. The van der Waals surface area contributed by atoms with Crippen molar-refractivity contribution in [3.05, 3.63) is 36.8 Å². The summed E-state index contributed by atoms with van der Waals surface area (Å²) in [6.45, 7) is 0. The van der Waals surface area contributed by atoms with E-state index in [1.165, 1.54) is 6.33 Å². The molecule has 0 aliphatic carbocycles. The summed E-state index contributed by atoms with van der Waals surface area (Å²) in [6, 6.07) is 7.77. The molecule has 0 N–H and O–H groups in total. The molecule has 0 aliphatic rings. The van der Waals surface area contributed by atoms with E-state index in [-0.39, 0.29) is 18.9 Å². The van der Waals surface area contributed by atoms with Gasteiger partial charge in [-0.1, -0.05) is 12.1 Å². The second kappa shape index (κ2) is 3.52. The topological polar surface area (TPSA) is 25.8 Å². The van der Waals surface area contributed by atoms with Gasteiger partial charge in [-0.05, 0) is 11.7 Å². The zero-order valence-corrected chi connectivity index (χ0v) is 6.28. The van der Waals surface area contributed by atoms with Crippen LogP contribution in [-0.4, -0.2) is 9.97 Å². The number of benzene rings is 1. The molecule has 11 heavy (non-hydrogen) atoms. The van der Waals surface area contributed by atoms with Gasteiger partial charge >= 0.3 is 18.9 Å². The van der Waals surface area contributed by atoms with Crippen molar-refractivity contribution in [2.75, 3.05) is 0 Å². The van der Waals surface area contributed by atoms with Gasteiger partial charge in [0.1, 0.15) is 0 Å². The van der Waals surface area contributed by atoms with Gasteiger partial charge in [0.05, 0.1) is 0 Å². The molecule has 3 heteroatoms. The average Bonchev–Trinajstić information content (AvgIpc) is 2.05. The SMILES string of the molecule is [Li+].[c-]1ncnc2ccccc12. The maximum atomic E-state index is 4.04. The average molecular weight is 136 g/mol. The summed E-state index contributed by atoms with van der Waals surface area (Å²) in [4.78, 5) is 7.82. The third-order valence-corrected chi connectivity index (χ3v) is 1.34. The molecule has 2 rings (SSSR count). The molecule has 0 aliphatic heterocycles. The second-order valence-electron chi connectivity index (χ2n) is 2.00. The summed E-state index contributed by atoms with van der Waals surface area (Å²) in [5, 5.41) is 0.963. The van der Waals surface area contributed by atoms with Gasteiger partial charge in [0.2, 0.25) is 0 Å². The first-order chi connectivity index (χ1) is 4.97. The fraction of sp³-hybridized carbons (Fsp3) is 0. The van der Waals surface area contributed by atoms with Crippen LogP contribution in [0, 0.1) is 6.20 Å². The van der Waals surface area contributed by atoms with E-state index < -0.39 is 0 Å². The maximum Gasteiger partial charge on any atom is 1.00 e. The Labute approximate surface area is 76.8 Å². The van der Waals surface area contributed by atoms with Gasteiger partial charge in [-0.25, -0.2) is 0 Å². The predicted molar refractivity (Wildman–Crippen MR) is 38.4 cm³/mol. The summed E-state index contributed by atoms with van der Waals surface area (Å²) < 4.78 is 0. The third-order valence-electron chi connectivity index (χ3n) is 1.34. The van der Waals surface area contributed by atoms with Crippen molar-refractivity contribution >= 4 is 10.9 Å². The summed E-state index contributed by atoms with van der Waals surface area (Å²) in [7, 11) is 0. The molecule has 0 fully saturated rings. The Morgan fingerprint density at radius 2 is 2.00 bits per heavy atom. The predicted octanol–water partition coefficient (Wildman–Crippen LogP) is -1.57. The van der Waals surface area contributed by atoms with Gasteiger partial charge in [-0.3, -0.25) is 0 Å². The van der Waals surface area contributed by atoms with E-state index in [9.17, 15) is 0 Å². The van der Waals surface area contributed by atoms with Crippen molar-refractivity contribution in [1.29, 1.82) is 0 Å². The van der Waals surface area contributed by atoms with Gasteiger partial charge in [0.15, 0.2) is 0 Å². The minimum Gasteiger partial charge on any atom is -0.341 e. The molecule has 0 saturated carbocycles. The molecule has 0 unspecified atom stereocenters. The van der Waals surface area contributed by atoms with Crippen LogP contribution in [0.4, 0.5) is 0 Å². The van der Waals surface area contributed by atoms with Crippen molar-refractivity contribution < 1.29 is 18.9 Å². The Morgan fingerprint density at radius 1 is 1.18 bits per heavy atom. The third kappa shape index (κ3) is 1.59. The normalized spacial score (nSPS) is 9.09. The van der Waals surface area contributed by atoms with Gasteiger partial charge in [-0.2, -0.15) is 0 Å². The van der Waals surface area contributed by atoms with Crippen LogP contribution in [0.2, 0.25) is 0 Å².